The Balaban J connectivity index is 2.32. The molecular weight excluding hydrogens is 242 g/mol. The zero-order valence-corrected chi connectivity index (χ0v) is 10.6. The molecule has 1 aliphatic heterocycles. The van der Waals surface area contributed by atoms with E-state index in [1.165, 1.54) is 4.31 Å². The Bertz CT molecular complexity index is 533. The van der Waals surface area contributed by atoms with Gasteiger partial charge in [-0.15, -0.1) is 0 Å². The molecule has 0 amide bonds. The van der Waals surface area contributed by atoms with E-state index in [2.05, 4.69) is 4.98 Å². The number of imidazole rings is 1. The third kappa shape index (κ3) is 2.00. The van der Waals surface area contributed by atoms with Gasteiger partial charge >= 0.3 is 0 Å². The van der Waals surface area contributed by atoms with Gasteiger partial charge in [0.2, 0.25) is 10.0 Å². The van der Waals surface area contributed by atoms with Gasteiger partial charge in [-0.25, -0.2) is 13.4 Å². The van der Waals surface area contributed by atoms with Crippen LogP contribution in [0.15, 0.2) is 6.33 Å². The first kappa shape index (κ1) is 12.3. The summed E-state index contributed by atoms with van der Waals surface area (Å²) in [6.45, 7) is 4.52. The summed E-state index contributed by atoms with van der Waals surface area (Å²) in [6, 6.07) is 0. The lowest BCUT2D eigenvalue weighted by Gasteiger charge is -2.29. The van der Waals surface area contributed by atoms with Crippen LogP contribution in [0.2, 0.25) is 0 Å². The minimum atomic E-state index is -3.27. The van der Waals surface area contributed by atoms with Gasteiger partial charge < -0.3 is 4.57 Å². The van der Waals surface area contributed by atoms with E-state index in [9.17, 15) is 13.2 Å². The van der Waals surface area contributed by atoms with E-state index in [0.717, 1.165) is 0 Å². The minimum Gasteiger partial charge on any atom is -0.331 e. The molecule has 7 heteroatoms. The first-order valence-electron chi connectivity index (χ1n) is 5.45. The number of carbonyl (C=O) groups is 1. The first-order chi connectivity index (χ1) is 7.96. The molecule has 0 aliphatic carbocycles. The number of hydrogen-bond acceptors (Lipinski definition) is 4. The lowest BCUT2D eigenvalue weighted by atomic mass is 10.3. The molecule has 1 aromatic rings. The molecule has 94 valence electrons. The molecule has 0 unspecified atom stereocenters. The topological polar surface area (TPSA) is 72.3 Å². The monoisotopic (exact) mass is 257 g/mol. The van der Waals surface area contributed by atoms with Crippen LogP contribution in [0.25, 0.3) is 0 Å². The number of hydrogen-bond donors (Lipinski definition) is 0. The number of carbonyl (C=O) groups excluding carboxylic acids is 1. The molecular formula is C10H15N3O3S. The summed E-state index contributed by atoms with van der Waals surface area (Å²) in [5.74, 6) is 0. The second-order valence-corrected chi connectivity index (χ2v) is 6.80. The van der Waals surface area contributed by atoms with Gasteiger partial charge in [0.15, 0.2) is 6.29 Å². The lowest BCUT2D eigenvalue weighted by Crippen LogP contribution is -2.41. The van der Waals surface area contributed by atoms with Gasteiger partial charge in [0.25, 0.3) is 0 Å². The van der Waals surface area contributed by atoms with E-state index in [1.807, 2.05) is 4.57 Å². The third-order valence-corrected chi connectivity index (χ3v) is 5.19. The summed E-state index contributed by atoms with van der Waals surface area (Å²) in [5.41, 5.74) is 1.00. The van der Waals surface area contributed by atoms with E-state index in [1.54, 1.807) is 20.2 Å². The Labute approximate surface area is 100 Å². The Hall–Kier alpha value is -1.21. The van der Waals surface area contributed by atoms with Crippen molar-refractivity contribution in [3.8, 4) is 0 Å². The molecule has 0 bridgehead atoms. The van der Waals surface area contributed by atoms with Crippen LogP contribution in [0, 0.1) is 0 Å². The minimum absolute atomic E-state index is 0.231. The Morgan fingerprint density at radius 3 is 2.71 bits per heavy atom. The number of fused-ring (bicyclic) bond motifs is 1. The number of nitrogens with zero attached hydrogens (tertiary/aromatic N) is 3. The highest BCUT2D eigenvalue weighted by Crippen LogP contribution is 2.19. The predicted octanol–water partition coefficient (Wildman–Crippen LogP) is 0.249. The highest BCUT2D eigenvalue weighted by atomic mass is 32.2. The number of aldehydes is 1. The Morgan fingerprint density at radius 2 is 2.12 bits per heavy atom. The Morgan fingerprint density at radius 1 is 1.41 bits per heavy atom. The van der Waals surface area contributed by atoms with Crippen molar-refractivity contribution in [2.45, 2.75) is 32.2 Å². The van der Waals surface area contributed by atoms with E-state index in [4.69, 9.17) is 0 Å². The van der Waals surface area contributed by atoms with E-state index in [-0.39, 0.29) is 6.54 Å². The molecule has 0 atom stereocenters. The molecule has 0 spiro atoms. The van der Waals surface area contributed by atoms with Crippen molar-refractivity contribution in [2.75, 3.05) is 6.54 Å². The van der Waals surface area contributed by atoms with Crippen molar-refractivity contribution >= 4 is 16.3 Å². The standard InChI is InChI=1S/C10H15N3O3S/c1-8(2)17(15,16)13-4-3-12-7-11-9(6-14)10(12)5-13/h6-8H,3-5H2,1-2H3. The van der Waals surface area contributed by atoms with Crippen molar-refractivity contribution < 1.29 is 13.2 Å². The molecule has 0 saturated heterocycles. The molecule has 0 N–H and O–H groups in total. The van der Waals surface area contributed by atoms with Crippen molar-refractivity contribution in [1.29, 1.82) is 0 Å². The lowest BCUT2D eigenvalue weighted by molar-refractivity contribution is 0.111. The number of rotatable bonds is 3. The van der Waals surface area contributed by atoms with Crippen LogP contribution < -0.4 is 0 Å². The summed E-state index contributed by atoms with van der Waals surface area (Å²) < 4.78 is 27.3. The zero-order chi connectivity index (χ0) is 12.6. The predicted molar refractivity (Wildman–Crippen MR) is 62.1 cm³/mol. The van der Waals surface area contributed by atoms with Gasteiger partial charge in [-0.05, 0) is 13.8 Å². The van der Waals surface area contributed by atoms with Crippen LogP contribution >= 0.6 is 0 Å². The summed E-state index contributed by atoms with van der Waals surface area (Å²) in [5, 5.41) is -0.448. The number of sulfonamides is 1. The first-order valence-corrected chi connectivity index (χ1v) is 6.95. The summed E-state index contributed by atoms with van der Waals surface area (Å²) in [6.07, 6.45) is 2.25. The quantitative estimate of drug-likeness (QED) is 0.728. The van der Waals surface area contributed by atoms with Crippen molar-refractivity contribution in [1.82, 2.24) is 13.9 Å². The molecule has 0 radical (unpaired) electrons. The van der Waals surface area contributed by atoms with Crippen molar-refractivity contribution in [3.05, 3.63) is 17.7 Å². The van der Waals surface area contributed by atoms with E-state index in [0.29, 0.717) is 30.8 Å². The van der Waals surface area contributed by atoms with Gasteiger partial charge in [0.05, 0.1) is 23.8 Å². The van der Waals surface area contributed by atoms with Gasteiger partial charge in [-0.2, -0.15) is 4.31 Å². The van der Waals surface area contributed by atoms with E-state index >= 15 is 0 Å². The van der Waals surface area contributed by atoms with Gasteiger partial charge in [-0.3, -0.25) is 4.79 Å². The van der Waals surface area contributed by atoms with Crippen LogP contribution in [-0.4, -0.2) is 40.4 Å². The normalized spacial score (nSPS) is 17.1. The molecule has 1 aliphatic rings. The smallest absolute Gasteiger partial charge is 0.216 e. The maximum Gasteiger partial charge on any atom is 0.216 e. The van der Waals surface area contributed by atoms with Crippen LogP contribution in [-0.2, 0) is 23.1 Å². The van der Waals surface area contributed by atoms with Crippen molar-refractivity contribution in [2.24, 2.45) is 0 Å². The van der Waals surface area contributed by atoms with Crippen LogP contribution in [0.3, 0.4) is 0 Å². The Kier molecular flexibility index (Phi) is 3.05. The molecule has 1 aromatic heterocycles. The maximum absolute atomic E-state index is 12.0. The summed E-state index contributed by atoms with van der Waals surface area (Å²) in [7, 11) is -3.27. The molecule has 0 saturated carbocycles. The molecule has 2 rings (SSSR count). The second kappa shape index (κ2) is 4.23. The molecule has 6 nitrogen and oxygen atoms in total. The molecule has 0 aromatic carbocycles. The fourth-order valence-corrected chi connectivity index (χ4v) is 3.10. The molecule has 17 heavy (non-hydrogen) atoms. The number of aromatic nitrogens is 2. The second-order valence-electron chi connectivity index (χ2n) is 4.32. The summed E-state index contributed by atoms with van der Waals surface area (Å²) in [4.78, 5) is 14.7. The zero-order valence-electron chi connectivity index (χ0n) is 9.83. The molecule has 2 heterocycles. The average Bonchev–Trinajstić information content (AvgIpc) is 2.70. The third-order valence-electron chi connectivity index (χ3n) is 2.96. The van der Waals surface area contributed by atoms with Gasteiger partial charge in [0, 0.05) is 13.1 Å². The van der Waals surface area contributed by atoms with Gasteiger partial charge in [0.1, 0.15) is 5.69 Å². The fraction of sp³-hybridized carbons (Fsp3) is 0.600. The molecule has 0 fully saturated rings. The maximum atomic E-state index is 12.0. The highest BCUT2D eigenvalue weighted by molar-refractivity contribution is 7.89. The van der Waals surface area contributed by atoms with Crippen molar-refractivity contribution in [3.63, 3.8) is 0 Å². The van der Waals surface area contributed by atoms with Crippen LogP contribution in [0.1, 0.15) is 30.0 Å². The highest BCUT2D eigenvalue weighted by Gasteiger charge is 2.30. The van der Waals surface area contributed by atoms with Crippen LogP contribution in [0.4, 0.5) is 0 Å². The summed E-state index contributed by atoms with van der Waals surface area (Å²) >= 11 is 0. The average molecular weight is 257 g/mol. The van der Waals surface area contributed by atoms with E-state index < -0.39 is 15.3 Å². The van der Waals surface area contributed by atoms with Gasteiger partial charge in [-0.1, -0.05) is 0 Å². The fourth-order valence-electron chi connectivity index (χ4n) is 1.87. The van der Waals surface area contributed by atoms with Crippen LogP contribution in [0.5, 0.6) is 0 Å². The SMILES string of the molecule is CC(C)S(=O)(=O)N1CCn2cnc(C=O)c2C1. The largest absolute Gasteiger partial charge is 0.331 e.